The van der Waals surface area contributed by atoms with Gasteiger partial charge in [0.25, 0.3) is 11.1 Å². The van der Waals surface area contributed by atoms with Crippen LogP contribution in [0.15, 0.2) is 70.5 Å². The molecule has 1 saturated heterocycles. The molecule has 3 aromatic rings. The van der Waals surface area contributed by atoms with Gasteiger partial charge in [-0.05, 0) is 89.7 Å². The van der Waals surface area contributed by atoms with Gasteiger partial charge in [0, 0.05) is 0 Å². The van der Waals surface area contributed by atoms with Crippen molar-refractivity contribution in [2.45, 2.75) is 25.3 Å². The first-order chi connectivity index (χ1) is 17.1. The number of hydrogen-bond acceptors (Lipinski definition) is 7. The molecule has 0 bridgehead atoms. The van der Waals surface area contributed by atoms with Crippen molar-refractivity contribution < 1.29 is 26.9 Å². The number of methoxy groups -OCH3 is 1. The molecule has 36 heavy (non-hydrogen) atoms. The molecule has 0 radical (unpaired) electrons. The summed E-state index contributed by atoms with van der Waals surface area (Å²) in [6.07, 6.45) is 1.59. The Bertz CT molecular complexity index is 1470. The van der Waals surface area contributed by atoms with Gasteiger partial charge in [0.15, 0.2) is 11.5 Å². The maximum atomic E-state index is 12.9. The zero-order valence-electron chi connectivity index (χ0n) is 19.6. The van der Waals surface area contributed by atoms with Gasteiger partial charge >= 0.3 is 10.1 Å². The van der Waals surface area contributed by atoms with Crippen molar-refractivity contribution >= 4 is 61.7 Å². The van der Waals surface area contributed by atoms with Crippen LogP contribution in [0.3, 0.4) is 0 Å². The van der Waals surface area contributed by atoms with Gasteiger partial charge < -0.3 is 8.92 Å². The Hall–Kier alpha value is -2.83. The zero-order chi connectivity index (χ0) is 26.0. The molecule has 1 aliphatic rings. The Labute approximate surface area is 227 Å². The fourth-order valence-corrected chi connectivity index (χ4v) is 6.11. The number of thioether (sulfide) groups is 1. The third kappa shape index (κ3) is 5.76. The highest BCUT2D eigenvalue weighted by molar-refractivity contribution is 14.1. The van der Waals surface area contributed by atoms with Crippen LogP contribution >= 0.6 is 34.4 Å². The minimum atomic E-state index is -4.09. The summed E-state index contributed by atoms with van der Waals surface area (Å²) in [6.45, 7) is 4.02. The number of imide groups is 1. The third-order valence-corrected chi connectivity index (χ3v) is 8.33. The second-order valence-corrected chi connectivity index (χ2v) is 11.8. The smallest absolute Gasteiger partial charge is 0.339 e. The van der Waals surface area contributed by atoms with E-state index in [9.17, 15) is 18.0 Å². The van der Waals surface area contributed by atoms with Gasteiger partial charge in [-0.2, -0.15) is 8.42 Å². The Kier molecular flexibility index (Phi) is 7.76. The lowest BCUT2D eigenvalue weighted by Crippen LogP contribution is -2.27. The highest BCUT2D eigenvalue weighted by Crippen LogP contribution is 2.39. The first-order valence-electron chi connectivity index (χ1n) is 10.8. The quantitative estimate of drug-likeness (QED) is 0.181. The van der Waals surface area contributed by atoms with Crippen molar-refractivity contribution in [3.8, 4) is 11.5 Å². The largest absolute Gasteiger partial charge is 0.493 e. The summed E-state index contributed by atoms with van der Waals surface area (Å²) in [7, 11) is -2.69. The molecule has 0 atom stereocenters. The Morgan fingerprint density at radius 2 is 1.58 bits per heavy atom. The molecule has 3 aromatic carbocycles. The molecule has 0 spiro atoms. The standard InChI is InChI=1S/C26H22INO6S2/c1-16-4-8-18(9-5-16)15-28-25(29)23(35-26(28)30)14-19-12-21(27)24(22(13-19)33-3)34-36(31,32)20-10-6-17(2)7-11-20/h4-14H,15H2,1-3H3/b23-14-. The van der Waals surface area contributed by atoms with Crippen LogP contribution in [0.2, 0.25) is 0 Å². The average Bonchev–Trinajstić information content (AvgIpc) is 3.09. The SMILES string of the molecule is COc1cc(/C=C2\SC(=O)N(Cc3ccc(C)cc3)C2=O)cc(I)c1OS(=O)(=O)c1ccc(C)cc1. The van der Waals surface area contributed by atoms with E-state index in [2.05, 4.69) is 0 Å². The topological polar surface area (TPSA) is 90.0 Å². The summed E-state index contributed by atoms with van der Waals surface area (Å²) >= 11 is 2.81. The third-order valence-electron chi connectivity index (χ3n) is 5.39. The number of rotatable bonds is 7. The average molecular weight is 636 g/mol. The van der Waals surface area contributed by atoms with Crippen molar-refractivity contribution in [2.24, 2.45) is 0 Å². The highest BCUT2D eigenvalue weighted by atomic mass is 127. The van der Waals surface area contributed by atoms with Crippen LogP contribution in [0.5, 0.6) is 11.5 Å². The molecule has 186 valence electrons. The lowest BCUT2D eigenvalue weighted by atomic mass is 10.1. The predicted octanol–water partition coefficient (Wildman–Crippen LogP) is 5.92. The van der Waals surface area contributed by atoms with Gasteiger partial charge in [-0.1, -0.05) is 47.5 Å². The molecule has 0 saturated carbocycles. The van der Waals surface area contributed by atoms with E-state index in [1.807, 2.05) is 60.7 Å². The maximum Gasteiger partial charge on any atom is 0.339 e. The summed E-state index contributed by atoms with van der Waals surface area (Å²) in [5.41, 5.74) is 3.44. The molecule has 2 amide bonds. The molecule has 1 aliphatic heterocycles. The Morgan fingerprint density at radius 3 is 2.19 bits per heavy atom. The van der Waals surface area contributed by atoms with Crippen LogP contribution in [0.4, 0.5) is 4.79 Å². The van der Waals surface area contributed by atoms with E-state index in [1.165, 1.54) is 24.1 Å². The second kappa shape index (κ2) is 10.7. The minimum Gasteiger partial charge on any atom is -0.493 e. The van der Waals surface area contributed by atoms with E-state index < -0.39 is 10.1 Å². The molecule has 0 N–H and O–H groups in total. The van der Waals surface area contributed by atoms with Crippen molar-refractivity contribution in [1.29, 1.82) is 0 Å². The van der Waals surface area contributed by atoms with Gasteiger partial charge in [0.2, 0.25) is 0 Å². The number of aryl methyl sites for hydroxylation is 2. The monoisotopic (exact) mass is 635 g/mol. The fourth-order valence-electron chi connectivity index (χ4n) is 3.43. The van der Waals surface area contributed by atoms with Crippen LogP contribution < -0.4 is 8.92 Å². The number of amides is 2. The van der Waals surface area contributed by atoms with Crippen molar-refractivity contribution in [1.82, 2.24) is 4.90 Å². The van der Waals surface area contributed by atoms with E-state index in [-0.39, 0.29) is 39.0 Å². The summed E-state index contributed by atoms with van der Waals surface area (Å²) in [5.74, 6) is -0.159. The molecule has 7 nitrogen and oxygen atoms in total. The first kappa shape index (κ1) is 26.2. The van der Waals surface area contributed by atoms with E-state index in [0.29, 0.717) is 9.13 Å². The maximum absolute atomic E-state index is 12.9. The Balaban J connectivity index is 1.59. The number of hydrogen-bond donors (Lipinski definition) is 0. The molecule has 0 aromatic heterocycles. The number of halogens is 1. The summed E-state index contributed by atoms with van der Waals surface area (Å²) in [5, 5.41) is -0.349. The Morgan fingerprint density at radius 1 is 0.972 bits per heavy atom. The van der Waals surface area contributed by atoms with Gasteiger partial charge in [0.1, 0.15) is 4.90 Å². The highest BCUT2D eigenvalue weighted by Gasteiger charge is 2.35. The summed E-state index contributed by atoms with van der Waals surface area (Å²) in [6, 6.07) is 17.2. The second-order valence-electron chi connectivity index (χ2n) is 8.14. The molecule has 10 heteroatoms. The van der Waals surface area contributed by atoms with E-state index in [0.717, 1.165) is 28.5 Å². The number of ether oxygens (including phenoxy) is 1. The molecule has 0 aliphatic carbocycles. The summed E-state index contributed by atoms with van der Waals surface area (Å²) < 4.78 is 36.9. The van der Waals surface area contributed by atoms with Crippen LogP contribution in [0.1, 0.15) is 22.3 Å². The number of carbonyl (C=O) groups excluding carboxylic acids is 2. The van der Waals surface area contributed by atoms with E-state index >= 15 is 0 Å². The van der Waals surface area contributed by atoms with Crippen molar-refractivity contribution in [2.75, 3.05) is 7.11 Å². The molecular weight excluding hydrogens is 613 g/mol. The van der Waals surface area contributed by atoms with Crippen LogP contribution in [0.25, 0.3) is 6.08 Å². The van der Waals surface area contributed by atoms with Gasteiger partial charge in [-0.25, -0.2) is 0 Å². The van der Waals surface area contributed by atoms with Crippen LogP contribution in [0, 0.1) is 17.4 Å². The molecule has 4 rings (SSSR count). The predicted molar refractivity (Wildman–Crippen MR) is 147 cm³/mol. The normalized spacial score (nSPS) is 15.0. The number of benzene rings is 3. The molecule has 1 heterocycles. The lowest BCUT2D eigenvalue weighted by Gasteiger charge is -2.14. The number of nitrogens with zero attached hydrogens (tertiary/aromatic N) is 1. The molecule has 1 fully saturated rings. The number of carbonyl (C=O) groups is 2. The van der Waals surface area contributed by atoms with Crippen LogP contribution in [-0.2, 0) is 21.5 Å². The zero-order valence-corrected chi connectivity index (χ0v) is 23.4. The molecular formula is C26H22INO6S2. The minimum absolute atomic E-state index is 0.0253. The van der Waals surface area contributed by atoms with Gasteiger partial charge in [0.05, 0.1) is 22.1 Å². The van der Waals surface area contributed by atoms with Crippen molar-refractivity contribution in [3.05, 3.63) is 91.4 Å². The first-order valence-corrected chi connectivity index (χ1v) is 14.1. The van der Waals surface area contributed by atoms with Crippen LogP contribution in [-0.4, -0.2) is 31.6 Å². The van der Waals surface area contributed by atoms with E-state index in [4.69, 9.17) is 8.92 Å². The van der Waals surface area contributed by atoms with Gasteiger partial charge in [-0.3, -0.25) is 14.5 Å². The van der Waals surface area contributed by atoms with Crippen molar-refractivity contribution in [3.63, 3.8) is 0 Å². The molecule has 0 unspecified atom stereocenters. The van der Waals surface area contributed by atoms with E-state index in [1.54, 1.807) is 30.3 Å². The fraction of sp³-hybridized carbons (Fsp3) is 0.154. The van der Waals surface area contributed by atoms with Gasteiger partial charge in [-0.15, -0.1) is 0 Å². The summed E-state index contributed by atoms with van der Waals surface area (Å²) in [4.78, 5) is 27.0. The lowest BCUT2D eigenvalue weighted by molar-refractivity contribution is -0.123.